The van der Waals surface area contributed by atoms with Gasteiger partial charge in [-0.2, -0.15) is 0 Å². The summed E-state index contributed by atoms with van der Waals surface area (Å²) in [5.74, 6) is -0.262. The number of carbonyl (C=O) groups is 2. The molecular formula is C12H24N2O4. The lowest BCUT2D eigenvalue weighted by Crippen LogP contribution is -2.41. The molecule has 0 aromatic rings. The molecular weight excluding hydrogens is 236 g/mol. The summed E-state index contributed by atoms with van der Waals surface area (Å²) in [4.78, 5) is 24.4. The molecule has 0 saturated carbocycles. The molecule has 1 amide bonds. The number of hydrogen-bond acceptors (Lipinski definition) is 5. The third-order valence-corrected chi connectivity index (χ3v) is 2.39. The maximum absolute atomic E-state index is 11.6. The van der Waals surface area contributed by atoms with Crippen molar-refractivity contribution in [3.63, 3.8) is 0 Å². The lowest BCUT2D eigenvalue weighted by molar-refractivity contribution is -0.140. The first-order valence-corrected chi connectivity index (χ1v) is 6.03. The molecule has 0 aromatic heterocycles. The van der Waals surface area contributed by atoms with Crippen LogP contribution in [-0.4, -0.2) is 63.8 Å². The second-order valence-electron chi connectivity index (χ2n) is 4.34. The molecule has 1 atom stereocenters. The van der Waals surface area contributed by atoms with E-state index < -0.39 is 0 Å². The van der Waals surface area contributed by atoms with Gasteiger partial charge in [-0.05, 0) is 26.9 Å². The maximum Gasteiger partial charge on any atom is 0.305 e. The Morgan fingerprint density at radius 3 is 2.56 bits per heavy atom. The number of nitrogens with zero attached hydrogens (tertiary/aromatic N) is 1. The Labute approximate surface area is 109 Å². The van der Waals surface area contributed by atoms with Gasteiger partial charge in [0.2, 0.25) is 5.91 Å². The molecule has 0 bridgehead atoms. The summed E-state index contributed by atoms with van der Waals surface area (Å²) < 4.78 is 9.48. The average molecular weight is 260 g/mol. The summed E-state index contributed by atoms with van der Waals surface area (Å²) in [6.45, 7) is 3.38. The predicted molar refractivity (Wildman–Crippen MR) is 68.2 cm³/mol. The standard InChI is InChI=1S/C12H24N2O4/c1-10(9-17-3)13-11(15)8-14(2)7-5-6-12(16)18-4/h10H,5-9H2,1-4H3,(H,13,15). The first-order valence-electron chi connectivity index (χ1n) is 6.03. The summed E-state index contributed by atoms with van der Waals surface area (Å²) in [7, 11) is 4.82. The zero-order valence-electron chi connectivity index (χ0n) is 11.7. The molecule has 106 valence electrons. The fourth-order valence-electron chi connectivity index (χ4n) is 1.53. The van der Waals surface area contributed by atoms with Gasteiger partial charge in [-0.25, -0.2) is 0 Å². The Morgan fingerprint density at radius 2 is 2.00 bits per heavy atom. The molecule has 18 heavy (non-hydrogen) atoms. The van der Waals surface area contributed by atoms with Gasteiger partial charge in [0.15, 0.2) is 0 Å². The van der Waals surface area contributed by atoms with Crippen LogP contribution >= 0.6 is 0 Å². The van der Waals surface area contributed by atoms with Crippen molar-refractivity contribution in [2.45, 2.75) is 25.8 Å². The summed E-state index contributed by atoms with van der Waals surface area (Å²) in [5, 5.41) is 2.82. The molecule has 1 unspecified atom stereocenters. The van der Waals surface area contributed by atoms with E-state index >= 15 is 0 Å². The predicted octanol–water partition coefficient (Wildman–Crippen LogP) is 0.0225. The lowest BCUT2D eigenvalue weighted by atomic mass is 10.3. The van der Waals surface area contributed by atoms with E-state index in [-0.39, 0.29) is 17.9 Å². The fraction of sp³-hybridized carbons (Fsp3) is 0.833. The quantitative estimate of drug-likeness (QED) is 0.592. The lowest BCUT2D eigenvalue weighted by Gasteiger charge is -2.18. The molecule has 0 spiro atoms. The Morgan fingerprint density at radius 1 is 1.33 bits per heavy atom. The molecule has 1 N–H and O–H groups in total. The minimum absolute atomic E-state index is 0.00553. The van der Waals surface area contributed by atoms with Gasteiger partial charge in [-0.15, -0.1) is 0 Å². The van der Waals surface area contributed by atoms with Crippen LogP contribution in [0, 0.1) is 0 Å². The number of methoxy groups -OCH3 is 2. The highest BCUT2D eigenvalue weighted by Gasteiger charge is 2.10. The van der Waals surface area contributed by atoms with Gasteiger partial charge >= 0.3 is 5.97 Å². The van der Waals surface area contributed by atoms with Gasteiger partial charge in [-0.3, -0.25) is 14.5 Å². The van der Waals surface area contributed by atoms with Gasteiger partial charge < -0.3 is 14.8 Å². The largest absolute Gasteiger partial charge is 0.469 e. The number of carbonyl (C=O) groups excluding carboxylic acids is 2. The molecule has 0 heterocycles. The first kappa shape index (κ1) is 16.9. The molecule has 0 radical (unpaired) electrons. The zero-order chi connectivity index (χ0) is 14.0. The van der Waals surface area contributed by atoms with Crippen molar-refractivity contribution >= 4 is 11.9 Å². The second-order valence-corrected chi connectivity index (χ2v) is 4.34. The molecule has 6 heteroatoms. The van der Waals surface area contributed by atoms with Crippen LogP contribution in [0.3, 0.4) is 0 Å². The van der Waals surface area contributed by atoms with Crippen molar-refractivity contribution in [3.05, 3.63) is 0 Å². The van der Waals surface area contributed by atoms with Crippen LogP contribution in [0.5, 0.6) is 0 Å². The molecule has 0 saturated heterocycles. The Bertz CT molecular complexity index is 258. The minimum Gasteiger partial charge on any atom is -0.469 e. The highest BCUT2D eigenvalue weighted by molar-refractivity contribution is 5.78. The Balaban J connectivity index is 3.70. The van der Waals surface area contributed by atoms with E-state index in [4.69, 9.17) is 4.74 Å². The van der Waals surface area contributed by atoms with Crippen molar-refractivity contribution in [1.82, 2.24) is 10.2 Å². The molecule has 0 rings (SSSR count). The number of esters is 1. The van der Waals surface area contributed by atoms with Crippen molar-refractivity contribution in [2.75, 3.05) is 41.0 Å². The number of rotatable bonds is 9. The Hall–Kier alpha value is -1.14. The van der Waals surface area contributed by atoms with E-state index in [0.717, 1.165) is 0 Å². The van der Waals surface area contributed by atoms with E-state index in [9.17, 15) is 9.59 Å². The van der Waals surface area contributed by atoms with Gasteiger partial charge in [0.25, 0.3) is 0 Å². The van der Waals surface area contributed by atoms with Crippen LogP contribution in [0.4, 0.5) is 0 Å². The molecule has 0 aromatic carbocycles. The summed E-state index contributed by atoms with van der Waals surface area (Å²) in [6, 6.07) is 0.00553. The van der Waals surface area contributed by atoms with Crippen LogP contribution in [0.25, 0.3) is 0 Å². The van der Waals surface area contributed by atoms with Crippen molar-refractivity contribution in [2.24, 2.45) is 0 Å². The highest BCUT2D eigenvalue weighted by atomic mass is 16.5. The molecule has 0 fully saturated rings. The van der Waals surface area contributed by atoms with E-state index in [2.05, 4.69) is 10.1 Å². The summed E-state index contributed by atoms with van der Waals surface area (Å²) >= 11 is 0. The van der Waals surface area contributed by atoms with Crippen molar-refractivity contribution in [3.8, 4) is 0 Å². The number of nitrogens with one attached hydrogen (secondary N) is 1. The van der Waals surface area contributed by atoms with E-state index in [1.807, 2.05) is 18.9 Å². The van der Waals surface area contributed by atoms with Crippen LogP contribution in [0.1, 0.15) is 19.8 Å². The van der Waals surface area contributed by atoms with E-state index in [1.165, 1.54) is 7.11 Å². The van der Waals surface area contributed by atoms with Crippen LogP contribution in [0.15, 0.2) is 0 Å². The van der Waals surface area contributed by atoms with Gasteiger partial charge in [0, 0.05) is 19.6 Å². The zero-order valence-corrected chi connectivity index (χ0v) is 11.7. The van der Waals surface area contributed by atoms with Crippen molar-refractivity contribution in [1.29, 1.82) is 0 Å². The van der Waals surface area contributed by atoms with Crippen LogP contribution in [-0.2, 0) is 19.1 Å². The number of amides is 1. The monoisotopic (exact) mass is 260 g/mol. The third kappa shape index (κ3) is 8.95. The molecule has 6 nitrogen and oxygen atoms in total. The Kier molecular flexibility index (Phi) is 9.22. The van der Waals surface area contributed by atoms with Crippen LogP contribution < -0.4 is 5.32 Å². The fourth-order valence-corrected chi connectivity index (χ4v) is 1.53. The van der Waals surface area contributed by atoms with E-state index in [0.29, 0.717) is 32.5 Å². The molecule has 0 aliphatic rings. The smallest absolute Gasteiger partial charge is 0.305 e. The number of ether oxygens (including phenoxy) is 2. The van der Waals surface area contributed by atoms with Gasteiger partial charge in [-0.1, -0.05) is 0 Å². The van der Waals surface area contributed by atoms with Crippen LogP contribution in [0.2, 0.25) is 0 Å². The second kappa shape index (κ2) is 9.85. The number of likely N-dealkylation sites (N-methyl/N-ethyl adjacent to an activating group) is 1. The summed E-state index contributed by atoms with van der Waals surface area (Å²) in [6.07, 6.45) is 1.06. The molecule has 0 aliphatic carbocycles. The highest BCUT2D eigenvalue weighted by Crippen LogP contribution is 1.95. The van der Waals surface area contributed by atoms with Gasteiger partial charge in [0.1, 0.15) is 0 Å². The topological polar surface area (TPSA) is 67.9 Å². The minimum atomic E-state index is -0.221. The summed E-state index contributed by atoms with van der Waals surface area (Å²) in [5.41, 5.74) is 0. The number of hydrogen-bond donors (Lipinski definition) is 1. The molecule has 0 aliphatic heterocycles. The SMILES string of the molecule is COCC(C)NC(=O)CN(C)CCCC(=O)OC. The van der Waals surface area contributed by atoms with Gasteiger partial charge in [0.05, 0.1) is 20.3 Å². The third-order valence-electron chi connectivity index (χ3n) is 2.39. The maximum atomic E-state index is 11.6. The first-order chi connectivity index (χ1) is 8.49. The normalized spacial score (nSPS) is 12.3. The average Bonchev–Trinajstić information content (AvgIpc) is 2.28. The van der Waals surface area contributed by atoms with Crippen molar-refractivity contribution < 1.29 is 19.1 Å². The van der Waals surface area contributed by atoms with E-state index in [1.54, 1.807) is 7.11 Å².